The predicted octanol–water partition coefficient (Wildman–Crippen LogP) is 4.51. The quantitative estimate of drug-likeness (QED) is 0.453. The van der Waals surface area contributed by atoms with E-state index in [9.17, 15) is 0 Å². The van der Waals surface area contributed by atoms with Crippen molar-refractivity contribution in [3.05, 3.63) is 81.4 Å². The van der Waals surface area contributed by atoms with Crippen molar-refractivity contribution < 1.29 is 51.0 Å². The second-order valence-electron chi connectivity index (χ2n) is 15.3. The van der Waals surface area contributed by atoms with Crippen LogP contribution in [-0.2, 0) is 37.0 Å². The molecule has 0 nitrogen and oxygen atoms in total. The van der Waals surface area contributed by atoms with E-state index in [-0.39, 0.29) is 72.7 Å². The third-order valence-corrected chi connectivity index (χ3v) is 9.70. The molecule has 3 aliphatic carbocycles. The van der Waals surface area contributed by atoms with E-state index in [4.69, 9.17) is 0 Å². The van der Waals surface area contributed by atoms with E-state index in [0.717, 1.165) is 0 Å². The monoisotopic (exact) mass is 640 g/mol. The molecule has 0 N–H and O–H groups in total. The van der Waals surface area contributed by atoms with E-state index in [1.165, 1.54) is 41.5 Å². The topological polar surface area (TPSA) is 0 Å². The van der Waals surface area contributed by atoms with E-state index in [2.05, 4.69) is 119 Å². The molecule has 0 saturated heterocycles. The Labute approximate surface area is 270 Å². The second kappa shape index (κ2) is 11.2. The Bertz CT molecular complexity index is 1230. The molecule has 0 heterocycles. The Hall–Kier alpha value is -0.617. The molecule has 0 bridgehead atoms. The Kier molecular flexibility index (Phi) is 9.96. The maximum absolute atomic E-state index is 2.65. The molecule has 1 atom stereocenters. The first-order chi connectivity index (χ1) is 16.5. The summed E-state index contributed by atoms with van der Waals surface area (Å²) in [6.45, 7) is 26.3. The summed E-state index contributed by atoms with van der Waals surface area (Å²) >= 11 is 0. The van der Waals surface area contributed by atoms with E-state index < -0.39 is 0 Å². The van der Waals surface area contributed by atoms with Crippen LogP contribution in [0.1, 0.15) is 124 Å². The summed E-state index contributed by atoms with van der Waals surface area (Å²) in [6, 6.07) is 14.8. The van der Waals surface area contributed by atoms with Crippen LogP contribution in [0.4, 0.5) is 0 Å². The maximum atomic E-state index is 2.65. The molecular formula is C36H48Cl2Zr. The van der Waals surface area contributed by atoms with Crippen molar-refractivity contribution in [2.45, 2.75) is 112 Å². The number of fused-ring (bicyclic) bond motifs is 3. The van der Waals surface area contributed by atoms with Gasteiger partial charge in [0.05, 0.1) is 0 Å². The van der Waals surface area contributed by atoms with Gasteiger partial charge in [-0.15, -0.1) is 0 Å². The standard InChI is InChI=1S/C36H48.2ClH.Zr/c1-22(2)36(17-16-23-18-26(21-31(23)36)35(9,10)11)32-29-19-24(33(3,4)5)12-14-27(29)28-15-13-25(20-30(28)32)34(6,7)8;;;/h12-15,19-22,32H,16-18H2,1-11H3;2*1H;/q;;;+2/p-2. The molecule has 3 heteroatoms. The van der Waals surface area contributed by atoms with Crippen LogP contribution in [0.3, 0.4) is 0 Å². The fourth-order valence-electron chi connectivity index (χ4n) is 7.30. The van der Waals surface area contributed by atoms with Crippen molar-refractivity contribution >= 4 is 0 Å². The molecule has 3 aliphatic rings. The third kappa shape index (κ3) is 5.60. The van der Waals surface area contributed by atoms with Crippen molar-refractivity contribution in [1.82, 2.24) is 0 Å². The van der Waals surface area contributed by atoms with Crippen LogP contribution in [0, 0.1) is 16.7 Å². The Morgan fingerprint density at radius 2 is 1.18 bits per heavy atom. The average molecular weight is 643 g/mol. The van der Waals surface area contributed by atoms with Crippen molar-refractivity contribution in [3.8, 4) is 11.1 Å². The van der Waals surface area contributed by atoms with Gasteiger partial charge in [-0.1, -0.05) is 130 Å². The zero-order valence-electron chi connectivity index (χ0n) is 26.1. The number of hydrogen-bond donors (Lipinski definition) is 0. The van der Waals surface area contributed by atoms with E-state index in [1.54, 1.807) is 27.8 Å². The molecule has 0 amide bonds. The first kappa shape index (κ1) is 34.6. The average Bonchev–Trinajstić information content (AvgIpc) is 3.41. The Morgan fingerprint density at radius 1 is 0.718 bits per heavy atom. The van der Waals surface area contributed by atoms with Crippen LogP contribution in [0.15, 0.2) is 59.2 Å². The van der Waals surface area contributed by atoms with Gasteiger partial charge >= 0.3 is 26.2 Å². The molecule has 2 aromatic carbocycles. The minimum Gasteiger partial charge on any atom is -1.00 e. The first-order valence-electron chi connectivity index (χ1n) is 14.3. The summed E-state index contributed by atoms with van der Waals surface area (Å²) in [7, 11) is 0. The van der Waals surface area contributed by atoms with E-state index in [0.29, 0.717) is 11.8 Å². The molecule has 0 radical (unpaired) electrons. The first-order valence-corrected chi connectivity index (χ1v) is 14.3. The molecule has 0 saturated carbocycles. The number of benzene rings is 2. The van der Waals surface area contributed by atoms with E-state index in [1.807, 2.05) is 0 Å². The minimum atomic E-state index is 0. The van der Waals surface area contributed by atoms with Crippen LogP contribution in [0.5, 0.6) is 0 Å². The molecule has 0 aliphatic heterocycles. The normalized spacial score (nSPS) is 20.6. The predicted molar refractivity (Wildman–Crippen MR) is 157 cm³/mol. The number of allylic oxidation sites excluding steroid dienone is 4. The SMILES string of the molecule is CC(C)C1(C2c3cc(C(C)(C)C)ccc3-c3ccc(C(C)(C)C)cc32)CCC2=C1C=C(C(C)(C)C)C2.[Cl-].[Cl-].[Zr+2]. The fraction of sp³-hybridized carbons (Fsp3) is 0.556. The molecule has 0 aromatic heterocycles. The molecule has 1 unspecified atom stereocenters. The van der Waals surface area contributed by atoms with Gasteiger partial charge in [0.15, 0.2) is 0 Å². The maximum Gasteiger partial charge on any atom is 2.00 e. The van der Waals surface area contributed by atoms with Gasteiger partial charge in [-0.05, 0) is 80.4 Å². The molecule has 0 fully saturated rings. The molecular weight excluding hydrogens is 595 g/mol. The van der Waals surface area contributed by atoms with Gasteiger partial charge in [0.1, 0.15) is 0 Å². The summed E-state index contributed by atoms with van der Waals surface area (Å²) in [5.74, 6) is 0.983. The molecule has 2 aromatic rings. The minimum absolute atomic E-state index is 0. The van der Waals surface area contributed by atoms with Gasteiger partial charge in [0.25, 0.3) is 0 Å². The molecule has 210 valence electrons. The smallest absolute Gasteiger partial charge is 1.00 e. The van der Waals surface area contributed by atoms with Gasteiger partial charge < -0.3 is 24.8 Å². The van der Waals surface area contributed by atoms with Gasteiger partial charge in [0.2, 0.25) is 0 Å². The summed E-state index contributed by atoms with van der Waals surface area (Å²) in [6.07, 6.45) is 6.36. The zero-order chi connectivity index (χ0) is 26.4. The fourth-order valence-corrected chi connectivity index (χ4v) is 7.30. The Morgan fingerprint density at radius 3 is 1.56 bits per heavy atom. The summed E-state index contributed by atoms with van der Waals surface area (Å²) in [5, 5.41) is 0. The van der Waals surface area contributed by atoms with Gasteiger partial charge in [-0.3, -0.25) is 0 Å². The van der Waals surface area contributed by atoms with Crippen LogP contribution < -0.4 is 24.8 Å². The number of rotatable bonds is 2. The van der Waals surface area contributed by atoms with Gasteiger partial charge in [-0.2, -0.15) is 0 Å². The van der Waals surface area contributed by atoms with Crippen molar-refractivity contribution in [1.29, 1.82) is 0 Å². The van der Waals surface area contributed by atoms with Crippen molar-refractivity contribution in [3.63, 3.8) is 0 Å². The molecule has 5 rings (SSSR count). The van der Waals surface area contributed by atoms with Crippen LogP contribution >= 0.6 is 0 Å². The van der Waals surface area contributed by atoms with Crippen LogP contribution in [-0.4, -0.2) is 0 Å². The molecule has 39 heavy (non-hydrogen) atoms. The number of hydrogen-bond acceptors (Lipinski definition) is 0. The second-order valence-corrected chi connectivity index (χ2v) is 15.3. The van der Waals surface area contributed by atoms with Gasteiger partial charge in [-0.25, -0.2) is 0 Å². The Balaban J connectivity index is 0.00000178. The summed E-state index contributed by atoms with van der Waals surface area (Å²) in [5.41, 5.74) is 14.7. The van der Waals surface area contributed by atoms with Crippen molar-refractivity contribution in [2.24, 2.45) is 16.7 Å². The van der Waals surface area contributed by atoms with Crippen molar-refractivity contribution in [2.75, 3.05) is 0 Å². The van der Waals surface area contributed by atoms with E-state index >= 15 is 0 Å². The van der Waals surface area contributed by atoms with Crippen LogP contribution in [0.2, 0.25) is 0 Å². The zero-order valence-corrected chi connectivity index (χ0v) is 30.0. The summed E-state index contributed by atoms with van der Waals surface area (Å²) in [4.78, 5) is 0. The largest absolute Gasteiger partial charge is 2.00 e. The van der Waals surface area contributed by atoms with Crippen LogP contribution in [0.25, 0.3) is 11.1 Å². The summed E-state index contributed by atoms with van der Waals surface area (Å²) < 4.78 is 0. The third-order valence-electron chi connectivity index (χ3n) is 9.70. The number of halogens is 2. The molecule has 0 spiro atoms. The van der Waals surface area contributed by atoms with Gasteiger partial charge in [0, 0.05) is 11.3 Å².